The van der Waals surface area contributed by atoms with Crippen molar-refractivity contribution in [3.8, 4) is 11.5 Å². The van der Waals surface area contributed by atoms with Crippen LogP contribution in [0.4, 0.5) is 5.13 Å². The molecular weight excluding hydrogens is 524 g/mol. The lowest BCUT2D eigenvalue weighted by Gasteiger charge is -2.23. The number of aromatic nitrogens is 1. The van der Waals surface area contributed by atoms with Crippen LogP contribution >= 0.6 is 22.9 Å². The van der Waals surface area contributed by atoms with Gasteiger partial charge >= 0.3 is 5.91 Å². The fraction of sp³-hybridized carbons (Fsp3) is 0.207. The molecule has 5 rings (SSSR count). The maximum atomic E-state index is 13.4. The number of hydrogen-bond acceptors (Lipinski definition) is 7. The van der Waals surface area contributed by atoms with Crippen molar-refractivity contribution in [2.24, 2.45) is 0 Å². The highest BCUT2D eigenvalue weighted by Gasteiger charge is 2.48. The monoisotopic (exact) mass is 548 g/mol. The molecule has 1 fully saturated rings. The number of carbonyl (C=O) groups excluding carboxylic acids is 2. The van der Waals surface area contributed by atoms with E-state index < -0.39 is 17.7 Å². The molecular formula is C29H25ClN2O5S. The largest absolute Gasteiger partial charge is 0.507 e. The number of rotatable bonds is 8. The first-order chi connectivity index (χ1) is 18.4. The van der Waals surface area contributed by atoms with Gasteiger partial charge in [0.1, 0.15) is 17.3 Å². The number of ketones is 1. The Labute approximate surface area is 228 Å². The van der Waals surface area contributed by atoms with Gasteiger partial charge < -0.3 is 14.6 Å². The Hall–Kier alpha value is -3.88. The van der Waals surface area contributed by atoms with E-state index in [4.69, 9.17) is 21.1 Å². The number of benzene rings is 3. The standard InChI is InChI=1S/C29H25ClN2O5S/c1-3-15-37-20-11-7-18(8-12-20)26(33)24-25(17-5-9-19(30)10-6-17)32(28(35)27(24)34)29-31-22-14-13-21(36-4-2)16-23(22)38-29/h5-14,16,25,33H,3-4,15H2,1-2H3/b26-24+. The Bertz CT molecular complexity index is 1530. The van der Waals surface area contributed by atoms with Gasteiger partial charge in [-0.2, -0.15) is 0 Å². The predicted molar refractivity (Wildman–Crippen MR) is 149 cm³/mol. The number of ether oxygens (including phenoxy) is 2. The molecule has 0 saturated carbocycles. The topological polar surface area (TPSA) is 89.0 Å². The normalized spacial score (nSPS) is 16.8. The highest BCUT2D eigenvalue weighted by atomic mass is 35.5. The van der Waals surface area contributed by atoms with E-state index in [0.29, 0.717) is 51.5 Å². The van der Waals surface area contributed by atoms with Crippen LogP contribution in [0.3, 0.4) is 0 Å². The molecule has 0 bridgehead atoms. The van der Waals surface area contributed by atoms with E-state index >= 15 is 0 Å². The zero-order valence-corrected chi connectivity index (χ0v) is 22.4. The van der Waals surface area contributed by atoms with Crippen molar-refractivity contribution < 1.29 is 24.2 Å². The van der Waals surface area contributed by atoms with Crippen LogP contribution in [0.1, 0.15) is 37.4 Å². The van der Waals surface area contributed by atoms with E-state index in [2.05, 4.69) is 4.98 Å². The molecule has 0 aliphatic carbocycles. The molecule has 1 amide bonds. The number of Topliss-reactive ketones (excluding diaryl/α,β-unsaturated/α-hetero) is 1. The molecule has 1 aromatic heterocycles. The summed E-state index contributed by atoms with van der Waals surface area (Å²) in [6.07, 6.45) is 0.866. The summed E-state index contributed by atoms with van der Waals surface area (Å²) in [7, 11) is 0. The molecule has 38 heavy (non-hydrogen) atoms. The number of carbonyl (C=O) groups is 2. The first-order valence-corrected chi connectivity index (χ1v) is 13.4. The molecule has 1 aliphatic rings. The molecule has 0 spiro atoms. The number of thiazole rings is 1. The summed E-state index contributed by atoms with van der Waals surface area (Å²) in [6, 6.07) is 18.2. The summed E-state index contributed by atoms with van der Waals surface area (Å²) in [4.78, 5) is 32.9. The van der Waals surface area contributed by atoms with Gasteiger partial charge in [0.15, 0.2) is 5.13 Å². The van der Waals surface area contributed by atoms with Gasteiger partial charge in [0, 0.05) is 10.6 Å². The van der Waals surface area contributed by atoms with Crippen molar-refractivity contribution in [1.29, 1.82) is 0 Å². The summed E-state index contributed by atoms with van der Waals surface area (Å²) in [6.45, 7) is 5.01. The number of hydrogen-bond donors (Lipinski definition) is 1. The second-order valence-electron chi connectivity index (χ2n) is 8.65. The third-order valence-corrected chi connectivity index (χ3v) is 7.37. The summed E-state index contributed by atoms with van der Waals surface area (Å²) >= 11 is 7.40. The second kappa shape index (κ2) is 10.8. The molecule has 0 radical (unpaired) electrons. The van der Waals surface area contributed by atoms with E-state index in [1.165, 1.54) is 16.2 Å². The van der Waals surface area contributed by atoms with Gasteiger partial charge in [0.25, 0.3) is 5.78 Å². The lowest BCUT2D eigenvalue weighted by atomic mass is 9.95. The number of halogens is 1. The Balaban J connectivity index is 1.62. The molecule has 1 unspecified atom stereocenters. The van der Waals surface area contributed by atoms with Gasteiger partial charge in [-0.05, 0) is 73.5 Å². The van der Waals surface area contributed by atoms with Crippen molar-refractivity contribution in [3.05, 3.63) is 88.5 Å². The second-order valence-corrected chi connectivity index (χ2v) is 10.1. The van der Waals surface area contributed by atoms with E-state index in [0.717, 1.165) is 11.1 Å². The van der Waals surface area contributed by atoms with Gasteiger partial charge in [-0.3, -0.25) is 14.5 Å². The fourth-order valence-corrected chi connectivity index (χ4v) is 5.47. The van der Waals surface area contributed by atoms with Crippen molar-refractivity contribution in [2.75, 3.05) is 18.1 Å². The van der Waals surface area contributed by atoms with Crippen LogP contribution in [0.2, 0.25) is 5.02 Å². The van der Waals surface area contributed by atoms with Crippen LogP contribution in [0.15, 0.2) is 72.3 Å². The zero-order valence-electron chi connectivity index (χ0n) is 20.8. The smallest absolute Gasteiger partial charge is 0.301 e. The predicted octanol–water partition coefficient (Wildman–Crippen LogP) is 6.76. The lowest BCUT2D eigenvalue weighted by Crippen LogP contribution is -2.29. The van der Waals surface area contributed by atoms with Crippen LogP contribution in [0, 0.1) is 0 Å². The van der Waals surface area contributed by atoms with E-state index in [9.17, 15) is 14.7 Å². The zero-order chi connectivity index (χ0) is 26.8. The minimum atomic E-state index is -0.893. The highest BCUT2D eigenvalue weighted by molar-refractivity contribution is 7.22. The minimum Gasteiger partial charge on any atom is -0.507 e. The average molecular weight is 549 g/mol. The molecule has 1 saturated heterocycles. The lowest BCUT2D eigenvalue weighted by molar-refractivity contribution is -0.132. The quantitative estimate of drug-likeness (QED) is 0.149. The number of amides is 1. The average Bonchev–Trinajstić information content (AvgIpc) is 3.45. The Morgan fingerprint density at radius 2 is 1.71 bits per heavy atom. The molecule has 7 nitrogen and oxygen atoms in total. The number of nitrogens with zero attached hydrogens (tertiary/aromatic N) is 2. The van der Waals surface area contributed by atoms with Crippen LogP contribution in [-0.2, 0) is 9.59 Å². The number of aliphatic hydroxyl groups is 1. The van der Waals surface area contributed by atoms with E-state index in [1.807, 2.05) is 32.0 Å². The third kappa shape index (κ3) is 4.85. The maximum absolute atomic E-state index is 13.4. The van der Waals surface area contributed by atoms with Gasteiger partial charge in [0.2, 0.25) is 0 Å². The molecule has 2 heterocycles. The molecule has 194 valence electrons. The maximum Gasteiger partial charge on any atom is 0.301 e. The Kier molecular flexibility index (Phi) is 7.35. The summed E-state index contributed by atoms with van der Waals surface area (Å²) in [5.41, 5.74) is 1.67. The molecule has 4 aromatic rings. The fourth-order valence-electron chi connectivity index (χ4n) is 4.33. The Morgan fingerprint density at radius 3 is 2.39 bits per heavy atom. The summed E-state index contributed by atoms with van der Waals surface area (Å²) in [5.74, 6) is -0.481. The Morgan fingerprint density at radius 1 is 1.00 bits per heavy atom. The van der Waals surface area contributed by atoms with Crippen LogP contribution < -0.4 is 14.4 Å². The van der Waals surface area contributed by atoms with Crippen LogP contribution in [0.25, 0.3) is 16.0 Å². The minimum absolute atomic E-state index is 0.0196. The highest BCUT2D eigenvalue weighted by Crippen LogP contribution is 2.44. The van der Waals surface area contributed by atoms with Gasteiger partial charge in [-0.25, -0.2) is 4.98 Å². The molecule has 3 aromatic carbocycles. The molecule has 1 aliphatic heterocycles. The van der Waals surface area contributed by atoms with Crippen molar-refractivity contribution in [2.45, 2.75) is 26.3 Å². The number of anilines is 1. The van der Waals surface area contributed by atoms with Crippen molar-refractivity contribution >= 4 is 55.7 Å². The number of aliphatic hydroxyl groups excluding tert-OH is 1. The first-order valence-electron chi connectivity index (χ1n) is 12.2. The van der Waals surface area contributed by atoms with E-state index in [-0.39, 0.29) is 11.3 Å². The first kappa shape index (κ1) is 25.8. The summed E-state index contributed by atoms with van der Waals surface area (Å²) in [5, 5.41) is 12.2. The van der Waals surface area contributed by atoms with Gasteiger partial charge in [-0.1, -0.05) is 42.0 Å². The van der Waals surface area contributed by atoms with E-state index in [1.54, 1.807) is 48.5 Å². The van der Waals surface area contributed by atoms with Gasteiger partial charge in [-0.15, -0.1) is 0 Å². The summed E-state index contributed by atoms with van der Waals surface area (Å²) < 4.78 is 12.0. The molecule has 1 atom stereocenters. The third-order valence-electron chi connectivity index (χ3n) is 6.10. The van der Waals surface area contributed by atoms with Crippen LogP contribution in [0.5, 0.6) is 11.5 Å². The van der Waals surface area contributed by atoms with Crippen molar-refractivity contribution in [1.82, 2.24) is 4.98 Å². The van der Waals surface area contributed by atoms with Gasteiger partial charge in [0.05, 0.1) is 35.0 Å². The SMILES string of the molecule is CCCOc1ccc(/C(O)=C2\C(=O)C(=O)N(c3nc4ccc(OCC)cc4s3)C2c2ccc(Cl)cc2)cc1. The molecule has 9 heteroatoms. The molecule has 1 N–H and O–H groups in total. The van der Waals surface area contributed by atoms with Crippen molar-refractivity contribution in [3.63, 3.8) is 0 Å². The van der Waals surface area contributed by atoms with Crippen LogP contribution in [-0.4, -0.2) is 35.0 Å². The number of fused-ring (bicyclic) bond motifs is 1.